The van der Waals surface area contributed by atoms with E-state index in [2.05, 4.69) is 332 Å². The van der Waals surface area contributed by atoms with Crippen molar-refractivity contribution in [3.63, 3.8) is 0 Å². The minimum Gasteiger partial charge on any atom is -0.0651 e. The summed E-state index contributed by atoms with van der Waals surface area (Å²) in [7, 11) is 0. The molecule has 0 atom stereocenters. The van der Waals surface area contributed by atoms with Gasteiger partial charge >= 0.3 is 0 Å². The normalized spacial score (nSPS) is 24.8. The molecule has 0 amide bonds. The van der Waals surface area contributed by atoms with Crippen molar-refractivity contribution in [2.45, 2.75) is 512 Å². The Kier molecular flexibility index (Phi) is 41.8. The van der Waals surface area contributed by atoms with Crippen LogP contribution >= 0.6 is 0 Å². The molecule has 0 aliphatic heterocycles. The first-order valence-electron chi connectivity index (χ1n) is 43.8. The summed E-state index contributed by atoms with van der Waals surface area (Å²) in [6, 6.07) is 0. The molecule has 0 aromatic heterocycles. The molecule has 7 aliphatic rings. The Bertz CT molecular complexity index is 1970. The minimum absolute atomic E-state index is 0.375. The zero-order valence-electron chi connectivity index (χ0n) is 80.3. The molecule has 0 spiro atoms. The smallest absolute Gasteiger partial charge is 0.0257 e. The topological polar surface area (TPSA) is 0 Å². The van der Waals surface area contributed by atoms with Crippen LogP contribution in [0.4, 0.5) is 0 Å². The fourth-order valence-electron chi connectivity index (χ4n) is 20.4. The van der Waals surface area contributed by atoms with E-state index in [-0.39, 0.29) is 0 Å². The second kappa shape index (κ2) is 40.1. The summed E-state index contributed by atoms with van der Waals surface area (Å²) in [4.78, 5) is 0. The van der Waals surface area contributed by atoms with Crippen molar-refractivity contribution in [3.8, 4) is 0 Å². The van der Waals surface area contributed by atoms with Crippen LogP contribution in [-0.4, -0.2) is 0 Å². The maximum Gasteiger partial charge on any atom is -0.0257 e. The van der Waals surface area contributed by atoms with Gasteiger partial charge in [0.25, 0.3) is 0 Å². The first-order valence-corrected chi connectivity index (χ1v) is 43.8. The Hall–Kier alpha value is 0. The van der Waals surface area contributed by atoms with Crippen LogP contribution in [0.5, 0.6) is 0 Å². The van der Waals surface area contributed by atoms with Crippen molar-refractivity contribution in [3.05, 3.63) is 0 Å². The maximum absolute atomic E-state index is 2.43. The molecule has 0 aromatic carbocycles. The van der Waals surface area contributed by atoms with Crippen LogP contribution in [0.25, 0.3) is 0 Å². The van der Waals surface area contributed by atoms with Gasteiger partial charge in [-0.2, -0.15) is 0 Å². The van der Waals surface area contributed by atoms with Gasteiger partial charge in [-0.25, -0.2) is 0 Å². The van der Waals surface area contributed by atoms with Gasteiger partial charge in [0, 0.05) is 0 Å². The van der Waals surface area contributed by atoms with Crippen molar-refractivity contribution in [2.75, 3.05) is 0 Å². The average Bonchev–Trinajstić information content (AvgIpc) is 0.803. The SMILES string of the molecule is CC(C(C)(C)C)C(C)(C)C.CC(C)(C)C(C)(C)C.CC(C)(C)C(C)(C)C(C)(C)C.CC1(C)CC(C)(C)CC(C)(C)C1.CC1(C)CCCCC1.CC1C(C)(C)CCCC1(C)C.CC1CC(C)(C)CC(C)(C)C1.CC1CCC(C)(C)CC1.CCC1CC(C)(C)CC(C)(C)C1.CCC1CCCCC1. The highest BCUT2D eigenvalue weighted by Crippen LogP contribution is 2.55. The van der Waals surface area contributed by atoms with E-state index in [0.29, 0.717) is 97.5 Å². The second-order valence-corrected chi connectivity index (χ2v) is 51.8. The summed E-state index contributed by atoms with van der Waals surface area (Å²) < 4.78 is 0. The van der Waals surface area contributed by atoms with Crippen molar-refractivity contribution >= 4 is 0 Å². The average molecular weight is 1410 g/mol. The fourth-order valence-corrected chi connectivity index (χ4v) is 20.4. The summed E-state index contributed by atoms with van der Waals surface area (Å²) in [6.07, 6.45) is 40.3. The van der Waals surface area contributed by atoms with Crippen LogP contribution in [-0.2, 0) is 0 Å². The van der Waals surface area contributed by atoms with Gasteiger partial charge in [-0.1, -0.05) is 416 Å². The summed E-state index contributed by atoms with van der Waals surface area (Å²) in [5, 5.41) is 0. The Morgan fingerprint density at radius 3 is 0.730 bits per heavy atom. The van der Waals surface area contributed by atoms with Crippen molar-refractivity contribution in [2.24, 2.45) is 133 Å². The first kappa shape index (κ1) is 104. The number of hydrogen-bond acceptors (Lipinski definition) is 0. The Morgan fingerprint density at radius 1 is 0.270 bits per heavy atom. The van der Waals surface area contributed by atoms with Gasteiger partial charge in [0.15, 0.2) is 0 Å². The van der Waals surface area contributed by atoms with Crippen LogP contribution in [0, 0.1) is 133 Å². The van der Waals surface area contributed by atoms with Gasteiger partial charge in [0.2, 0.25) is 0 Å². The molecule has 0 saturated heterocycles. The van der Waals surface area contributed by atoms with E-state index in [1.807, 2.05) is 0 Å². The lowest BCUT2D eigenvalue weighted by Gasteiger charge is -2.49. The molecule has 0 unspecified atom stereocenters. The van der Waals surface area contributed by atoms with Gasteiger partial charge < -0.3 is 0 Å². The predicted octanol–water partition coefficient (Wildman–Crippen LogP) is 36.3. The largest absolute Gasteiger partial charge is 0.0651 e. The molecular formula is C100H206. The van der Waals surface area contributed by atoms with Gasteiger partial charge in [0.05, 0.1) is 0 Å². The highest BCUT2D eigenvalue weighted by atomic mass is 14.5. The van der Waals surface area contributed by atoms with Gasteiger partial charge in [-0.15, -0.1) is 0 Å². The fraction of sp³-hybridized carbons (Fsp3) is 1.00. The molecule has 0 aromatic rings. The number of hydrogen-bond donors (Lipinski definition) is 0. The Balaban J connectivity index is -0.00000105. The number of rotatable bonds is 2. The van der Waals surface area contributed by atoms with E-state index < -0.39 is 0 Å². The molecule has 7 rings (SSSR count). The third kappa shape index (κ3) is 45.1. The molecule has 0 bridgehead atoms. The lowest BCUT2D eigenvalue weighted by molar-refractivity contribution is 0.00574. The Morgan fingerprint density at radius 2 is 0.540 bits per heavy atom. The van der Waals surface area contributed by atoms with Crippen LogP contribution in [0.1, 0.15) is 512 Å². The second-order valence-electron chi connectivity index (χ2n) is 51.8. The van der Waals surface area contributed by atoms with Crippen LogP contribution in [0.15, 0.2) is 0 Å². The predicted molar refractivity (Wildman–Crippen MR) is 466 cm³/mol. The van der Waals surface area contributed by atoms with Gasteiger partial charge in [-0.3, -0.25) is 0 Å². The molecule has 7 saturated carbocycles. The molecule has 0 heteroatoms. The van der Waals surface area contributed by atoms with E-state index in [0.717, 1.165) is 35.5 Å². The Labute approximate surface area is 641 Å². The first-order chi connectivity index (χ1) is 43.8. The summed E-state index contributed by atoms with van der Waals surface area (Å²) in [5.41, 5.74) is 9.36. The molecule has 606 valence electrons. The molecule has 0 nitrogen and oxygen atoms in total. The van der Waals surface area contributed by atoms with Crippen molar-refractivity contribution in [1.82, 2.24) is 0 Å². The highest BCUT2D eigenvalue weighted by molar-refractivity contribution is 4.95. The van der Waals surface area contributed by atoms with Gasteiger partial charge in [0.1, 0.15) is 0 Å². The summed E-state index contributed by atoms with van der Waals surface area (Å²) in [5.74, 6) is 5.61. The van der Waals surface area contributed by atoms with E-state index >= 15 is 0 Å². The molecule has 0 N–H and O–H groups in total. The quantitative estimate of drug-likeness (QED) is 0.259. The lowest BCUT2D eigenvalue weighted by Crippen LogP contribution is -2.41. The molecule has 7 aliphatic carbocycles. The maximum atomic E-state index is 2.43. The van der Waals surface area contributed by atoms with E-state index in [1.165, 1.54) is 180 Å². The zero-order valence-corrected chi connectivity index (χ0v) is 80.3. The monoisotopic (exact) mass is 1410 g/mol. The summed E-state index contributed by atoms with van der Waals surface area (Å²) >= 11 is 0. The van der Waals surface area contributed by atoms with Crippen molar-refractivity contribution < 1.29 is 0 Å². The molecular weight excluding hydrogens is 1200 g/mol. The molecule has 100 heavy (non-hydrogen) atoms. The minimum atomic E-state index is 0.375. The van der Waals surface area contributed by atoms with E-state index in [1.54, 1.807) is 0 Å². The highest BCUT2D eigenvalue weighted by Gasteiger charge is 2.45. The standard InChI is InChI=1S/2C12H24.2C11H22.C11H24.C10H22.C9H18.2C8H16.C8H18/c1-10(2)7-11(3,4)9-12(5,6)8-10;1-6-10-7-11(2,3)9-12(4,5)8-10;1-9-6-10(2,3)8-11(4,5)7-9;1-9-10(2,3)7-6-8-11(9,4)5;1-9(2,3)11(7,8)10(4,5)6;1-8(9(2,3)4)10(5,6)7;1-8-4-6-9(2,3)7-5-8;1-8(2)6-4-3-5-7-8;1-2-8-6-4-3-5-7-8;1-7(2,3)8(4,5)6/h7-9H2,1-6H3;10H,6-9H2,1-5H3;2*9H,6-8H2,1-5H3;1-8H3;8H,1-7H3;8H,4-7H2,1-3H3;3-7H2,1-2H3;8H,2-7H2,1H3;1-6H3. The lowest BCUT2D eigenvalue weighted by atomic mass is 9.56. The zero-order chi connectivity index (χ0) is 80.3. The molecule has 0 heterocycles. The molecule has 0 radical (unpaired) electrons. The molecule has 7 fully saturated rings. The van der Waals surface area contributed by atoms with Crippen molar-refractivity contribution in [1.29, 1.82) is 0 Å². The van der Waals surface area contributed by atoms with E-state index in [4.69, 9.17) is 0 Å². The van der Waals surface area contributed by atoms with E-state index in [9.17, 15) is 0 Å². The summed E-state index contributed by atoms with van der Waals surface area (Å²) in [6.45, 7) is 113. The van der Waals surface area contributed by atoms with Crippen LogP contribution < -0.4 is 0 Å². The van der Waals surface area contributed by atoms with Crippen LogP contribution in [0.2, 0.25) is 0 Å². The van der Waals surface area contributed by atoms with Crippen LogP contribution in [0.3, 0.4) is 0 Å². The third-order valence-electron chi connectivity index (χ3n) is 28.6. The van der Waals surface area contributed by atoms with Gasteiger partial charge in [-0.05, 0) is 229 Å². The third-order valence-corrected chi connectivity index (χ3v) is 28.6.